The van der Waals surface area contributed by atoms with E-state index in [-0.39, 0.29) is 0 Å². The van der Waals surface area contributed by atoms with Crippen LogP contribution in [0.25, 0.3) is 0 Å². The van der Waals surface area contributed by atoms with Crippen LogP contribution >= 0.6 is 0 Å². The molecule has 3 aromatic carbocycles. The predicted octanol–water partition coefficient (Wildman–Crippen LogP) is 7.07. The van der Waals surface area contributed by atoms with Crippen molar-refractivity contribution in [3.05, 3.63) is 109 Å². The number of ether oxygens (including phenoxy) is 6. The number of esters is 4. The van der Waals surface area contributed by atoms with Crippen molar-refractivity contribution < 1.29 is 47.6 Å². The molecule has 0 aliphatic rings. The third-order valence-electron chi connectivity index (χ3n) is 6.61. The molecular weight excluding hydrogens is 604 g/mol. The average Bonchev–Trinajstić information content (AvgIpc) is 3.10. The van der Waals surface area contributed by atoms with Crippen molar-refractivity contribution in [3.8, 4) is 23.0 Å². The highest BCUT2D eigenvalue weighted by atomic mass is 16.5. The van der Waals surface area contributed by atoms with Gasteiger partial charge in [-0.15, -0.1) is 0 Å². The Kier molecular flexibility index (Phi) is 15.8. The average molecular weight is 645 g/mol. The minimum absolute atomic E-state index is 0.298. The van der Waals surface area contributed by atoms with Gasteiger partial charge in [0.2, 0.25) is 0 Å². The Bertz CT molecular complexity index is 1440. The van der Waals surface area contributed by atoms with E-state index in [9.17, 15) is 19.2 Å². The summed E-state index contributed by atoms with van der Waals surface area (Å²) in [6.07, 6.45) is 8.19. The Hall–Kier alpha value is -5.38. The molecule has 0 saturated heterocycles. The van der Waals surface area contributed by atoms with E-state index in [1.165, 1.54) is 0 Å². The molecule has 248 valence electrons. The molecule has 0 aliphatic carbocycles. The van der Waals surface area contributed by atoms with Gasteiger partial charge in [0.15, 0.2) is 0 Å². The third kappa shape index (κ3) is 14.1. The number of carbonyl (C=O) groups is 4. The molecule has 3 aromatic rings. The number of unbranched alkanes of at least 4 members (excludes halogenated alkanes) is 5. The summed E-state index contributed by atoms with van der Waals surface area (Å²) in [6, 6.07) is 19.5. The van der Waals surface area contributed by atoms with Gasteiger partial charge >= 0.3 is 23.9 Å². The fraction of sp³-hybridized carbons (Fsp3) is 0.297. The Labute approximate surface area is 274 Å². The van der Waals surface area contributed by atoms with Crippen LogP contribution in [0.1, 0.15) is 65.7 Å². The van der Waals surface area contributed by atoms with Crippen LogP contribution in [0.5, 0.6) is 23.0 Å². The third-order valence-corrected chi connectivity index (χ3v) is 6.61. The molecule has 47 heavy (non-hydrogen) atoms. The molecule has 0 unspecified atom stereocenters. The molecule has 0 aliphatic heterocycles. The van der Waals surface area contributed by atoms with E-state index in [4.69, 9.17) is 28.4 Å². The van der Waals surface area contributed by atoms with Crippen LogP contribution in [0.15, 0.2) is 98.1 Å². The lowest BCUT2D eigenvalue weighted by molar-refractivity contribution is -0.138. The SMILES string of the molecule is C=CC(=O)OCCCCCCOc1ccc(C(=O)Oc2ccc(OC(=O)c3ccc(OCCCCCOC(=O)C=C)cc3)cc2)cc1. The summed E-state index contributed by atoms with van der Waals surface area (Å²) in [7, 11) is 0. The van der Waals surface area contributed by atoms with Gasteiger partial charge in [0, 0.05) is 12.2 Å². The van der Waals surface area contributed by atoms with E-state index in [0.29, 0.717) is 60.6 Å². The highest BCUT2D eigenvalue weighted by Gasteiger charge is 2.12. The van der Waals surface area contributed by atoms with Crippen molar-refractivity contribution in [1.29, 1.82) is 0 Å². The zero-order valence-corrected chi connectivity index (χ0v) is 26.4. The fourth-order valence-electron chi connectivity index (χ4n) is 4.06. The molecule has 0 radical (unpaired) electrons. The Morgan fingerprint density at radius 1 is 0.447 bits per heavy atom. The maximum Gasteiger partial charge on any atom is 0.343 e. The summed E-state index contributed by atoms with van der Waals surface area (Å²) in [5, 5.41) is 0. The highest BCUT2D eigenvalue weighted by molar-refractivity contribution is 5.92. The smallest absolute Gasteiger partial charge is 0.343 e. The van der Waals surface area contributed by atoms with Crippen LogP contribution in [0.2, 0.25) is 0 Å². The lowest BCUT2D eigenvalue weighted by atomic mass is 10.2. The summed E-state index contributed by atoms with van der Waals surface area (Å²) in [5.41, 5.74) is 0.717. The van der Waals surface area contributed by atoms with Crippen LogP contribution in [-0.4, -0.2) is 50.3 Å². The highest BCUT2D eigenvalue weighted by Crippen LogP contribution is 2.21. The van der Waals surface area contributed by atoms with E-state index in [1.54, 1.807) is 72.8 Å². The van der Waals surface area contributed by atoms with E-state index in [1.807, 2.05) is 0 Å². The Morgan fingerprint density at radius 2 is 0.766 bits per heavy atom. The molecule has 0 saturated carbocycles. The first-order chi connectivity index (χ1) is 22.9. The minimum atomic E-state index is -0.538. The van der Waals surface area contributed by atoms with E-state index >= 15 is 0 Å². The monoisotopic (exact) mass is 644 g/mol. The number of benzene rings is 3. The van der Waals surface area contributed by atoms with Crippen molar-refractivity contribution in [2.45, 2.75) is 44.9 Å². The Balaban J connectivity index is 1.33. The topological polar surface area (TPSA) is 124 Å². The van der Waals surface area contributed by atoms with Gasteiger partial charge in [-0.25, -0.2) is 19.2 Å². The summed E-state index contributed by atoms with van der Waals surface area (Å²) in [4.78, 5) is 47.2. The van der Waals surface area contributed by atoms with Crippen molar-refractivity contribution in [1.82, 2.24) is 0 Å². The molecule has 0 aromatic heterocycles. The van der Waals surface area contributed by atoms with Gasteiger partial charge in [-0.05, 0) is 118 Å². The van der Waals surface area contributed by atoms with Crippen molar-refractivity contribution in [2.75, 3.05) is 26.4 Å². The maximum absolute atomic E-state index is 12.6. The fourth-order valence-corrected chi connectivity index (χ4v) is 4.06. The van der Waals surface area contributed by atoms with Gasteiger partial charge in [0.05, 0.1) is 37.6 Å². The molecule has 0 atom stereocenters. The largest absolute Gasteiger partial charge is 0.494 e. The number of hydrogen-bond acceptors (Lipinski definition) is 10. The van der Waals surface area contributed by atoms with Crippen LogP contribution in [0.3, 0.4) is 0 Å². The van der Waals surface area contributed by atoms with Crippen LogP contribution < -0.4 is 18.9 Å². The molecule has 0 amide bonds. The first-order valence-electron chi connectivity index (χ1n) is 15.5. The molecule has 0 fully saturated rings. The zero-order chi connectivity index (χ0) is 33.7. The summed E-state index contributed by atoms with van der Waals surface area (Å²) in [6.45, 7) is 8.48. The minimum Gasteiger partial charge on any atom is -0.494 e. The van der Waals surface area contributed by atoms with E-state index in [2.05, 4.69) is 13.2 Å². The van der Waals surface area contributed by atoms with Gasteiger partial charge in [0.1, 0.15) is 23.0 Å². The molecule has 0 bridgehead atoms. The maximum atomic E-state index is 12.6. The standard InChI is InChI=1S/C37H40O10/c1-3-34(38)44-26-9-6-5-8-24-42-30-16-12-28(13-17-30)36(40)46-32-20-22-33(23-21-32)47-37(41)29-14-18-31(19-15-29)43-25-10-7-11-27-45-35(39)4-2/h3-4,12-23H,1-2,5-11,24-27H2. The summed E-state index contributed by atoms with van der Waals surface area (Å²) >= 11 is 0. The van der Waals surface area contributed by atoms with E-state index in [0.717, 1.165) is 57.1 Å². The number of hydrogen-bond donors (Lipinski definition) is 0. The summed E-state index contributed by atoms with van der Waals surface area (Å²) < 4.78 is 32.2. The van der Waals surface area contributed by atoms with Crippen LogP contribution in [0.4, 0.5) is 0 Å². The first-order valence-corrected chi connectivity index (χ1v) is 15.5. The van der Waals surface area contributed by atoms with Gasteiger partial charge in [-0.1, -0.05) is 13.2 Å². The molecule has 0 N–H and O–H groups in total. The van der Waals surface area contributed by atoms with Crippen molar-refractivity contribution in [2.24, 2.45) is 0 Å². The molecular formula is C37H40O10. The molecule has 0 heterocycles. The van der Waals surface area contributed by atoms with Crippen LogP contribution in [-0.2, 0) is 19.1 Å². The number of rotatable bonds is 21. The quantitative estimate of drug-likeness (QED) is 0.0515. The second kappa shape index (κ2) is 20.6. The van der Waals surface area contributed by atoms with Gasteiger partial charge < -0.3 is 28.4 Å². The first kappa shape index (κ1) is 36.1. The Morgan fingerprint density at radius 3 is 1.13 bits per heavy atom. The predicted molar refractivity (Wildman–Crippen MR) is 175 cm³/mol. The lowest BCUT2D eigenvalue weighted by Gasteiger charge is -2.09. The van der Waals surface area contributed by atoms with Gasteiger partial charge in [-0.2, -0.15) is 0 Å². The van der Waals surface area contributed by atoms with Crippen LogP contribution in [0, 0.1) is 0 Å². The van der Waals surface area contributed by atoms with E-state index < -0.39 is 23.9 Å². The molecule has 10 nitrogen and oxygen atoms in total. The second-order valence-electron chi connectivity index (χ2n) is 10.2. The molecule has 0 spiro atoms. The van der Waals surface area contributed by atoms with Gasteiger partial charge in [0.25, 0.3) is 0 Å². The lowest BCUT2D eigenvalue weighted by Crippen LogP contribution is -2.10. The van der Waals surface area contributed by atoms with Crippen molar-refractivity contribution in [3.63, 3.8) is 0 Å². The number of carbonyl (C=O) groups excluding carboxylic acids is 4. The second-order valence-corrected chi connectivity index (χ2v) is 10.2. The zero-order valence-electron chi connectivity index (χ0n) is 26.4. The molecule has 3 rings (SSSR count). The normalized spacial score (nSPS) is 10.3. The molecule has 10 heteroatoms. The van der Waals surface area contributed by atoms with Crippen molar-refractivity contribution >= 4 is 23.9 Å². The summed E-state index contributed by atoms with van der Waals surface area (Å²) in [5.74, 6) is -0.0318. The van der Waals surface area contributed by atoms with Gasteiger partial charge in [-0.3, -0.25) is 0 Å².